The van der Waals surface area contributed by atoms with Crippen LogP contribution in [0.25, 0.3) is 22.4 Å². The van der Waals surface area contributed by atoms with Gasteiger partial charge in [-0.1, -0.05) is 31.4 Å². The van der Waals surface area contributed by atoms with Crippen LogP contribution in [0.1, 0.15) is 66.6 Å². The maximum absolute atomic E-state index is 11.5. The topological polar surface area (TPSA) is 67.5 Å². The molecule has 1 fully saturated rings. The van der Waals surface area contributed by atoms with Crippen LogP contribution in [0.15, 0.2) is 41.4 Å². The van der Waals surface area contributed by atoms with Crippen LogP contribution in [-0.4, -0.2) is 26.3 Å². The highest BCUT2D eigenvalue weighted by atomic mass is 16.4. The molecule has 5 nitrogen and oxygen atoms in total. The summed E-state index contributed by atoms with van der Waals surface area (Å²) in [6, 6.07) is 12.3. The summed E-state index contributed by atoms with van der Waals surface area (Å²) >= 11 is 0. The van der Waals surface area contributed by atoms with Crippen LogP contribution >= 0.6 is 0 Å². The smallest absolute Gasteiger partial charge is 0.335 e. The van der Waals surface area contributed by atoms with E-state index in [1.807, 2.05) is 6.07 Å². The van der Waals surface area contributed by atoms with Crippen LogP contribution in [0, 0.1) is 0 Å². The zero-order valence-electron chi connectivity index (χ0n) is 16.7. The monoisotopic (exact) mass is 387 g/mol. The number of carboxylic acid groups (broad SMARTS) is 1. The molecule has 0 amide bonds. The van der Waals surface area contributed by atoms with Gasteiger partial charge in [-0.2, -0.15) is 0 Å². The molecule has 0 bridgehead atoms. The summed E-state index contributed by atoms with van der Waals surface area (Å²) in [5, 5.41) is 9.40. The average molecular weight is 387 g/mol. The van der Waals surface area contributed by atoms with E-state index < -0.39 is 5.97 Å². The molecule has 1 aliphatic carbocycles. The van der Waals surface area contributed by atoms with Crippen molar-refractivity contribution in [2.75, 3.05) is 0 Å². The van der Waals surface area contributed by atoms with Gasteiger partial charge in [0.2, 0.25) is 0 Å². The minimum Gasteiger partial charge on any atom is -0.478 e. The van der Waals surface area contributed by atoms with Crippen molar-refractivity contribution in [2.45, 2.75) is 58.0 Å². The van der Waals surface area contributed by atoms with Crippen molar-refractivity contribution in [1.29, 1.82) is 0 Å². The summed E-state index contributed by atoms with van der Waals surface area (Å²) in [5.74, 6) is 0.0432. The Bertz CT molecular complexity index is 1140. The molecule has 29 heavy (non-hydrogen) atoms. The Hall–Kier alpha value is -2.95. The zero-order valence-corrected chi connectivity index (χ0v) is 16.7. The van der Waals surface area contributed by atoms with Crippen molar-refractivity contribution in [3.63, 3.8) is 0 Å². The van der Waals surface area contributed by atoms with E-state index >= 15 is 0 Å². The first kappa shape index (κ1) is 18.1. The third-order valence-corrected chi connectivity index (χ3v) is 6.31. The summed E-state index contributed by atoms with van der Waals surface area (Å²) in [6.07, 6.45) is 6.94. The van der Waals surface area contributed by atoms with E-state index in [1.165, 1.54) is 36.1 Å². The molecule has 1 aromatic heterocycles. The first-order chi connectivity index (χ1) is 14.1. The van der Waals surface area contributed by atoms with Gasteiger partial charge in [-0.05, 0) is 55.2 Å². The second-order valence-electron chi connectivity index (χ2n) is 8.32. The molecular formula is C24H25N3O2. The van der Waals surface area contributed by atoms with Crippen molar-refractivity contribution in [2.24, 2.45) is 4.99 Å². The Morgan fingerprint density at radius 3 is 2.69 bits per heavy atom. The van der Waals surface area contributed by atoms with Gasteiger partial charge in [-0.15, -0.1) is 0 Å². The van der Waals surface area contributed by atoms with E-state index in [1.54, 1.807) is 12.1 Å². The Morgan fingerprint density at radius 1 is 1.07 bits per heavy atom. The van der Waals surface area contributed by atoms with E-state index in [2.05, 4.69) is 34.7 Å². The summed E-state index contributed by atoms with van der Waals surface area (Å²) in [4.78, 5) is 21.0. The summed E-state index contributed by atoms with van der Waals surface area (Å²) < 4.78 is 2.37. The number of carboxylic acids is 1. The highest BCUT2D eigenvalue weighted by molar-refractivity contribution is 5.93. The van der Waals surface area contributed by atoms with Crippen molar-refractivity contribution < 1.29 is 9.90 Å². The molecule has 1 saturated carbocycles. The van der Waals surface area contributed by atoms with E-state index in [9.17, 15) is 9.90 Å². The Labute approximate surface area is 170 Å². The number of nitrogens with zero attached hydrogens (tertiary/aromatic N) is 3. The third kappa shape index (κ3) is 3.24. The fourth-order valence-corrected chi connectivity index (χ4v) is 4.78. The van der Waals surface area contributed by atoms with Crippen LogP contribution in [0.3, 0.4) is 0 Å². The van der Waals surface area contributed by atoms with Crippen molar-refractivity contribution in [3.05, 3.63) is 53.1 Å². The van der Waals surface area contributed by atoms with Gasteiger partial charge in [0.05, 0.1) is 23.1 Å². The number of hydrogen-bond donors (Lipinski definition) is 1. The number of aromatic nitrogens is 2. The quantitative estimate of drug-likeness (QED) is 0.652. The molecule has 1 aliphatic heterocycles. The van der Waals surface area contributed by atoms with Crippen LogP contribution < -0.4 is 0 Å². The molecule has 0 unspecified atom stereocenters. The van der Waals surface area contributed by atoms with E-state index in [0.29, 0.717) is 6.04 Å². The lowest BCUT2D eigenvalue weighted by Gasteiger charge is -2.26. The second kappa shape index (κ2) is 7.14. The van der Waals surface area contributed by atoms with Crippen molar-refractivity contribution in [3.8, 4) is 11.4 Å². The lowest BCUT2D eigenvalue weighted by molar-refractivity contribution is 0.0697. The molecule has 0 spiro atoms. The second-order valence-corrected chi connectivity index (χ2v) is 8.32. The minimum absolute atomic E-state index is 0.287. The molecule has 2 aromatic carbocycles. The number of imidazole rings is 1. The van der Waals surface area contributed by atoms with E-state index in [-0.39, 0.29) is 5.56 Å². The van der Waals surface area contributed by atoms with Crippen LogP contribution in [-0.2, 0) is 13.0 Å². The summed E-state index contributed by atoms with van der Waals surface area (Å²) in [7, 11) is 0. The highest BCUT2D eigenvalue weighted by Gasteiger charge is 2.23. The number of rotatable bonds is 3. The van der Waals surface area contributed by atoms with Gasteiger partial charge < -0.3 is 9.67 Å². The van der Waals surface area contributed by atoms with Crippen LogP contribution in [0.5, 0.6) is 0 Å². The number of carbonyl (C=O) groups is 1. The van der Waals surface area contributed by atoms with Gasteiger partial charge in [-0.25, -0.2) is 9.78 Å². The molecule has 1 N–H and O–H groups in total. The van der Waals surface area contributed by atoms with Gasteiger partial charge in [0.1, 0.15) is 5.82 Å². The fraction of sp³-hybridized carbons (Fsp3) is 0.375. The molecule has 3 aromatic rings. The van der Waals surface area contributed by atoms with E-state index in [4.69, 9.17) is 4.98 Å². The summed E-state index contributed by atoms with van der Waals surface area (Å²) in [5.41, 5.74) is 6.97. The Balaban J connectivity index is 1.68. The van der Waals surface area contributed by atoms with Crippen molar-refractivity contribution in [1.82, 2.24) is 9.55 Å². The largest absolute Gasteiger partial charge is 0.478 e. The molecule has 148 valence electrons. The van der Waals surface area contributed by atoms with Gasteiger partial charge in [0.25, 0.3) is 0 Å². The molecule has 5 rings (SSSR count). The molecule has 2 heterocycles. The van der Waals surface area contributed by atoms with Gasteiger partial charge in [0, 0.05) is 23.7 Å². The standard InChI is InChI=1S/C24H25N3O2/c1-15-11-19-12-16(7-8-18(19)14-25-15)23-26-21-13-17(24(28)29)9-10-22(21)27(23)20-5-3-2-4-6-20/h7-10,12-13,20H,2-6,11,14H2,1H3,(H,28,29). The summed E-state index contributed by atoms with van der Waals surface area (Å²) in [6.45, 7) is 2.84. The number of aromatic carboxylic acids is 1. The molecule has 0 saturated heterocycles. The normalized spacial score (nSPS) is 17.2. The Kier molecular flexibility index (Phi) is 4.46. The van der Waals surface area contributed by atoms with Gasteiger partial charge in [0.15, 0.2) is 0 Å². The number of hydrogen-bond acceptors (Lipinski definition) is 3. The van der Waals surface area contributed by atoms with Crippen LogP contribution in [0.4, 0.5) is 0 Å². The third-order valence-electron chi connectivity index (χ3n) is 6.31. The maximum atomic E-state index is 11.5. The molecule has 2 aliphatic rings. The van der Waals surface area contributed by atoms with Gasteiger partial charge in [-0.3, -0.25) is 4.99 Å². The lowest BCUT2D eigenvalue weighted by Crippen LogP contribution is -2.14. The number of benzene rings is 2. The SMILES string of the molecule is CC1=NCc2ccc(-c3nc4cc(C(=O)O)ccc4n3C3CCCCC3)cc2C1. The maximum Gasteiger partial charge on any atom is 0.335 e. The van der Waals surface area contributed by atoms with Crippen molar-refractivity contribution >= 4 is 22.7 Å². The minimum atomic E-state index is -0.913. The predicted molar refractivity (Wildman–Crippen MR) is 115 cm³/mol. The zero-order chi connectivity index (χ0) is 20.0. The number of aliphatic imine (C=N–C) groups is 1. The highest BCUT2D eigenvalue weighted by Crippen LogP contribution is 2.37. The van der Waals surface area contributed by atoms with Crippen LogP contribution in [0.2, 0.25) is 0 Å². The average Bonchev–Trinajstić information content (AvgIpc) is 3.12. The number of fused-ring (bicyclic) bond motifs is 2. The molecule has 0 atom stereocenters. The first-order valence-electron chi connectivity index (χ1n) is 10.5. The Morgan fingerprint density at radius 2 is 1.90 bits per heavy atom. The lowest BCUT2D eigenvalue weighted by atomic mass is 9.94. The first-order valence-corrected chi connectivity index (χ1v) is 10.5. The predicted octanol–water partition coefficient (Wildman–Crippen LogP) is 5.42. The molecule has 0 radical (unpaired) electrons. The molecular weight excluding hydrogens is 362 g/mol. The fourth-order valence-electron chi connectivity index (χ4n) is 4.78. The molecule has 5 heteroatoms. The van der Waals surface area contributed by atoms with Gasteiger partial charge >= 0.3 is 5.97 Å². The van der Waals surface area contributed by atoms with E-state index in [0.717, 1.165) is 48.2 Å².